The van der Waals surface area contributed by atoms with E-state index in [-0.39, 0.29) is 12.5 Å². The van der Waals surface area contributed by atoms with Crippen LogP contribution in [0.1, 0.15) is 11.1 Å². The van der Waals surface area contributed by atoms with E-state index in [1.54, 1.807) is 6.20 Å². The van der Waals surface area contributed by atoms with Crippen molar-refractivity contribution < 1.29 is 9.53 Å². The van der Waals surface area contributed by atoms with Crippen LogP contribution in [-0.2, 0) is 4.79 Å². The van der Waals surface area contributed by atoms with Gasteiger partial charge in [0.15, 0.2) is 12.4 Å². The number of hydrogen-bond donors (Lipinski definition) is 1. The quantitative estimate of drug-likeness (QED) is 0.805. The number of nitrogens with one attached hydrogen (secondary N) is 1. The van der Waals surface area contributed by atoms with Crippen molar-refractivity contribution in [3.63, 3.8) is 0 Å². The summed E-state index contributed by atoms with van der Waals surface area (Å²) >= 11 is 0. The average Bonchev–Trinajstić information content (AvgIpc) is 2.91. The zero-order valence-electron chi connectivity index (χ0n) is 12.5. The van der Waals surface area contributed by atoms with E-state index in [0.29, 0.717) is 5.82 Å². The topological polar surface area (TPSA) is 55.6 Å². The number of ether oxygens (including phenoxy) is 1. The van der Waals surface area contributed by atoms with Gasteiger partial charge in [0.2, 0.25) is 0 Å². The molecule has 0 fully saturated rings. The molecule has 0 saturated heterocycles. The van der Waals surface area contributed by atoms with Gasteiger partial charge in [-0.25, -0.2) is 4.98 Å². The van der Waals surface area contributed by atoms with Crippen molar-refractivity contribution in [3.05, 3.63) is 59.9 Å². The van der Waals surface area contributed by atoms with Crippen LogP contribution in [0.15, 0.2) is 48.8 Å². The maximum atomic E-state index is 12.0. The first-order chi connectivity index (χ1) is 10.6. The molecular formula is C17H17N3O2. The minimum atomic E-state index is -0.232. The lowest BCUT2D eigenvalue weighted by Gasteiger charge is -2.10. The Balaban J connectivity index is 1.64. The van der Waals surface area contributed by atoms with Gasteiger partial charge in [-0.1, -0.05) is 18.2 Å². The van der Waals surface area contributed by atoms with Gasteiger partial charge in [0, 0.05) is 6.20 Å². The maximum absolute atomic E-state index is 12.0. The number of fused-ring (bicyclic) bond motifs is 1. The molecule has 0 atom stereocenters. The smallest absolute Gasteiger partial charge is 0.263 e. The monoisotopic (exact) mass is 295 g/mol. The van der Waals surface area contributed by atoms with Crippen LogP contribution < -0.4 is 10.1 Å². The maximum Gasteiger partial charge on any atom is 0.263 e. The first-order valence-electron chi connectivity index (χ1n) is 7.06. The van der Waals surface area contributed by atoms with E-state index < -0.39 is 0 Å². The predicted octanol–water partition coefficient (Wildman–Crippen LogP) is 2.97. The van der Waals surface area contributed by atoms with Crippen LogP contribution in [0.3, 0.4) is 0 Å². The summed E-state index contributed by atoms with van der Waals surface area (Å²) in [6.45, 7) is 3.95. The number of aryl methyl sites for hydroxylation is 1. The number of anilines is 1. The van der Waals surface area contributed by atoms with Crippen LogP contribution in [0.2, 0.25) is 0 Å². The summed E-state index contributed by atoms with van der Waals surface area (Å²) in [6, 6.07) is 11.5. The van der Waals surface area contributed by atoms with Gasteiger partial charge in [-0.3, -0.25) is 4.79 Å². The van der Waals surface area contributed by atoms with Crippen molar-refractivity contribution in [2.24, 2.45) is 0 Å². The third kappa shape index (κ3) is 2.93. The third-order valence-electron chi connectivity index (χ3n) is 3.55. The summed E-state index contributed by atoms with van der Waals surface area (Å²) < 4.78 is 7.43. The number of amides is 1. The number of benzene rings is 1. The van der Waals surface area contributed by atoms with Crippen molar-refractivity contribution in [2.75, 3.05) is 11.9 Å². The summed E-state index contributed by atoms with van der Waals surface area (Å²) in [5, 5.41) is 2.74. The van der Waals surface area contributed by atoms with Crippen LogP contribution in [0.5, 0.6) is 5.75 Å². The van der Waals surface area contributed by atoms with Crippen LogP contribution in [-0.4, -0.2) is 21.9 Å². The molecule has 3 aromatic rings. The van der Waals surface area contributed by atoms with Crippen LogP contribution >= 0.6 is 0 Å². The normalized spacial score (nSPS) is 10.6. The third-order valence-corrected chi connectivity index (χ3v) is 3.55. The SMILES string of the molecule is Cc1cccc(OCC(=O)Nc2cn3ccccc3n2)c1C. The fraction of sp³-hybridized carbons (Fsp3) is 0.176. The summed E-state index contributed by atoms with van der Waals surface area (Å²) in [4.78, 5) is 16.3. The van der Waals surface area contributed by atoms with E-state index in [0.717, 1.165) is 22.5 Å². The molecule has 0 aliphatic heterocycles. The van der Waals surface area contributed by atoms with E-state index in [2.05, 4.69) is 10.3 Å². The predicted molar refractivity (Wildman–Crippen MR) is 85.2 cm³/mol. The van der Waals surface area contributed by atoms with Crippen LogP contribution in [0, 0.1) is 13.8 Å². The lowest BCUT2D eigenvalue weighted by molar-refractivity contribution is -0.118. The van der Waals surface area contributed by atoms with Gasteiger partial charge in [0.25, 0.3) is 5.91 Å². The second kappa shape index (κ2) is 5.89. The van der Waals surface area contributed by atoms with Gasteiger partial charge in [0.05, 0.1) is 6.20 Å². The molecule has 0 aliphatic rings. The zero-order valence-corrected chi connectivity index (χ0v) is 12.5. The van der Waals surface area contributed by atoms with Crippen LogP contribution in [0.25, 0.3) is 5.65 Å². The molecule has 22 heavy (non-hydrogen) atoms. The molecule has 0 saturated carbocycles. The Morgan fingerprint density at radius 3 is 2.91 bits per heavy atom. The van der Waals surface area contributed by atoms with E-state index in [1.165, 1.54) is 0 Å². The summed E-state index contributed by atoms with van der Waals surface area (Å²) in [5.74, 6) is 1.01. The summed E-state index contributed by atoms with van der Waals surface area (Å²) in [5.41, 5.74) is 2.97. The number of imidazole rings is 1. The minimum absolute atomic E-state index is 0.0435. The first kappa shape index (κ1) is 14.1. The highest BCUT2D eigenvalue weighted by Crippen LogP contribution is 2.20. The first-order valence-corrected chi connectivity index (χ1v) is 7.06. The Kier molecular flexibility index (Phi) is 3.78. The largest absolute Gasteiger partial charge is 0.483 e. The Bertz CT molecular complexity index is 791. The van der Waals surface area contributed by atoms with Crippen molar-refractivity contribution in [3.8, 4) is 5.75 Å². The van der Waals surface area contributed by atoms with Gasteiger partial charge in [0.1, 0.15) is 11.4 Å². The molecule has 1 amide bonds. The molecule has 5 nitrogen and oxygen atoms in total. The molecule has 3 rings (SSSR count). The van der Waals surface area contributed by atoms with Gasteiger partial charge < -0.3 is 14.5 Å². The Labute approximate surface area is 128 Å². The second-order valence-electron chi connectivity index (χ2n) is 5.13. The minimum Gasteiger partial charge on any atom is -0.483 e. The lowest BCUT2D eigenvalue weighted by Crippen LogP contribution is -2.20. The molecule has 112 valence electrons. The molecule has 0 radical (unpaired) electrons. The number of nitrogens with zero attached hydrogens (tertiary/aromatic N) is 2. The van der Waals surface area contributed by atoms with Crippen molar-refractivity contribution in [1.82, 2.24) is 9.38 Å². The number of pyridine rings is 1. The number of hydrogen-bond acceptors (Lipinski definition) is 3. The molecule has 1 aromatic carbocycles. The second-order valence-corrected chi connectivity index (χ2v) is 5.13. The molecule has 0 bridgehead atoms. The lowest BCUT2D eigenvalue weighted by atomic mass is 10.1. The molecule has 2 heterocycles. The standard InChI is InChI=1S/C17H17N3O2/c1-12-6-5-7-14(13(12)2)22-11-17(21)19-15-10-20-9-4-3-8-16(20)18-15/h3-10H,11H2,1-2H3,(H,19,21). The van der Waals surface area contributed by atoms with Gasteiger partial charge in [-0.15, -0.1) is 0 Å². The summed E-state index contributed by atoms with van der Waals surface area (Å²) in [6.07, 6.45) is 3.65. The number of rotatable bonds is 4. The van der Waals surface area contributed by atoms with Crippen molar-refractivity contribution in [1.29, 1.82) is 0 Å². The Hall–Kier alpha value is -2.82. The molecule has 0 aliphatic carbocycles. The zero-order chi connectivity index (χ0) is 15.5. The van der Waals surface area contributed by atoms with Gasteiger partial charge in [-0.05, 0) is 43.2 Å². The Morgan fingerprint density at radius 2 is 2.09 bits per heavy atom. The Morgan fingerprint density at radius 1 is 1.23 bits per heavy atom. The fourth-order valence-electron chi connectivity index (χ4n) is 2.20. The van der Waals surface area contributed by atoms with Crippen molar-refractivity contribution >= 4 is 17.4 Å². The number of aromatic nitrogens is 2. The highest BCUT2D eigenvalue weighted by molar-refractivity contribution is 5.91. The molecule has 0 spiro atoms. The average molecular weight is 295 g/mol. The molecular weight excluding hydrogens is 278 g/mol. The van der Waals surface area contributed by atoms with Crippen LogP contribution in [0.4, 0.5) is 5.82 Å². The molecule has 1 N–H and O–H groups in total. The van der Waals surface area contributed by atoms with Gasteiger partial charge in [-0.2, -0.15) is 0 Å². The number of carbonyl (C=O) groups is 1. The van der Waals surface area contributed by atoms with E-state index in [1.807, 2.05) is 60.8 Å². The van der Waals surface area contributed by atoms with E-state index in [9.17, 15) is 4.79 Å². The molecule has 5 heteroatoms. The highest BCUT2D eigenvalue weighted by atomic mass is 16.5. The molecule has 0 unspecified atom stereocenters. The van der Waals surface area contributed by atoms with E-state index in [4.69, 9.17) is 4.74 Å². The highest BCUT2D eigenvalue weighted by Gasteiger charge is 2.08. The van der Waals surface area contributed by atoms with Crippen molar-refractivity contribution in [2.45, 2.75) is 13.8 Å². The fourth-order valence-corrected chi connectivity index (χ4v) is 2.20. The molecule has 2 aromatic heterocycles. The van der Waals surface area contributed by atoms with E-state index >= 15 is 0 Å². The number of carbonyl (C=O) groups excluding carboxylic acids is 1. The van der Waals surface area contributed by atoms with Gasteiger partial charge >= 0.3 is 0 Å². The summed E-state index contributed by atoms with van der Waals surface area (Å²) in [7, 11) is 0.